The van der Waals surface area contributed by atoms with Gasteiger partial charge in [0.15, 0.2) is 16.6 Å². The second-order valence-electron chi connectivity index (χ2n) is 14.4. The van der Waals surface area contributed by atoms with Crippen LogP contribution >= 0.6 is 0 Å². The largest absolute Gasteiger partial charge is 0.469 e. The van der Waals surface area contributed by atoms with E-state index in [4.69, 9.17) is 23.8 Å². The van der Waals surface area contributed by atoms with E-state index in [1.54, 1.807) is 13.0 Å². The van der Waals surface area contributed by atoms with Crippen molar-refractivity contribution in [3.8, 4) is 0 Å². The molecule has 2 rings (SSSR count). The van der Waals surface area contributed by atoms with Crippen LogP contribution in [-0.4, -0.2) is 59.8 Å². The molecule has 0 radical (unpaired) electrons. The van der Waals surface area contributed by atoms with Crippen molar-refractivity contribution in [1.29, 1.82) is 0 Å². The summed E-state index contributed by atoms with van der Waals surface area (Å²) in [5.74, 6) is -3.49. The standard InChI is InChI=1S/C32H58O7Si2/c1-13-14-15-16-22(38-40(9,10)31(2,3)4)17-18-23-25(39-41(11,12)32(5,6)7)21-26-28(23)29(30(35)37-26)24(33)19-20-27(34)36-8/h17-18,22-23,25-26,28-29H,13-16,19-21H2,1-12H3/b18-17+/t22-,23-,25+,26-,28+,29?/m0/s1/i13D,14D,15D,16D/t13?,14?,15?,16?,22-,23-,25+,26-,28+,29?. The minimum atomic E-state index is -2.45. The summed E-state index contributed by atoms with van der Waals surface area (Å²) in [6.45, 7) is 22.7. The van der Waals surface area contributed by atoms with Gasteiger partial charge in [-0.2, -0.15) is 0 Å². The van der Waals surface area contributed by atoms with Crippen LogP contribution in [-0.2, 0) is 32.7 Å². The van der Waals surface area contributed by atoms with Crippen LogP contribution in [0.1, 0.15) is 98.8 Å². The van der Waals surface area contributed by atoms with E-state index in [0.29, 0.717) is 6.42 Å². The maximum atomic E-state index is 13.4. The van der Waals surface area contributed by atoms with E-state index in [-0.39, 0.29) is 34.8 Å². The van der Waals surface area contributed by atoms with E-state index in [2.05, 4.69) is 67.7 Å². The number of ketones is 1. The molecule has 236 valence electrons. The second kappa shape index (κ2) is 14.0. The Morgan fingerprint density at radius 2 is 1.66 bits per heavy atom. The predicted octanol–water partition coefficient (Wildman–Crippen LogP) is 7.60. The first-order chi connectivity index (χ1) is 20.4. The molecule has 1 saturated carbocycles. The van der Waals surface area contributed by atoms with Crippen molar-refractivity contribution in [3.63, 3.8) is 0 Å². The van der Waals surface area contributed by atoms with Crippen LogP contribution in [0.25, 0.3) is 0 Å². The zero-order valence-corrected chi connectivity index (χ0v) is 29.4. The van der Waals surface area contributed by atoms with Crippen molar-refractivity contribution in [2.75, 3.05) is 7.11 Å². The second-order valence-corrected chi connectivity index (χ2v) is 24.0. The lowest BCUT2D eigenvalue weighted by molar-refractivity contribution is -0.149. The van der Waals surface area contributed by atoms with Gasteiger partial charge in [0.1, 0.15) is 17.8 Å². The van der Waals surface area contributed by atoms with E-state index in [9.17, 15) is 14.4 Å². The van der Waals surface area contributed by atoms with Gasteiger partial charge in [-0.15, -0.1) is 0 Å². The van der Waals surface area contributed by atoms with E-state index in [1.165, 1.54) is 7.11 Å². The highest BCUT2D eigenvalue weighted by Gasteiger charge is 2.59. The topological polar surface area (TPSA) is 88.1 Å². The van der Waals surface area contributed by atoms with Crippen molar-refractivity contribution < 1.29 is 38.2 Å². The molecule has 7 nitrogen and oxygen atoms in total. The summed E-state index contributed by atoms with van der Waals surface area (Å²) in [6, 6.07) is 0. The molecule has 1 saturated heterocycles. The quantitative estimate of drug-likeness (QED) is 0.0861. The predicted molar refractivity (Wildman–Crippen MR) is 169 cm³/mol. The smallest absolute Gasteiger partial charge is 0.317 e. The normalized spacial score (nSPS) is 30.7. The lowest BCUT2D eigenvalue weighted by Gasteiger charge is -2.40. The lowest BCUT2D eigenvalue weighted by atomic mass is 9.80. The fourth-order valence-corrected chi connectivity index (χ4v) is 7.48. The summed E-state index contributed by atoms with van der Waals surface area (Å²) < 4.78 is 58.2. The van der Waals surface area contributed by atoms with E-state index in [1.807, 2.05) is 6.08 Å². The Labute approximate surface area is 257 Å². The number of carbonyl (C=O) groups is 3. The van der Waals surface area contributed by atoms with Crippen molar-refractivity contribution in [1.82, 2.24) is 0 Å². The summed E-state index contributed by atoms with van der Waals surface area (Å²) in [7, 11) is -3.50. The third-order valence-electron chi connectivity index (χ3n) is 9.44. The highest BCUT2D eigenvalue weighted by Crippen LogP contribution is 2.50. The number of Topliss-reactive ketones (excluding diaryl/α,β-unsaturated/α-hetero) is 1. The third-order valence-corrected chi connectivity index (χ3v) is 18.4. The molecule has 10 atom stereocenters. The average Bonchev–Trinajstić information content (AvgIpc) is 3.39. The molecule has 1 heterocycles. The summed E-state index contributed by atoms with van der Waals surface area (Å²) in [6.07, 6.45) is -2.17. The first-order valence-corrected chi connectivity index (χ1v) is 20.7. The summed E-state index contributed by atoms with van der Waals surface area (Å²) in [5, 5.41) is -0.283. The number of rotatable bonds is 14. The monoisotopic (exact) mass is 614 g/mol. The fraction of sp³-hybridized carbons (Fsp3) is 0.844. The average molecular weight is 615 g/mol. The molecule has 0 aromatic carbocycles. The molecule has 0 N–H and O–H groups in total. The number of hydrogen-bond acceptors (Lipinski definition) is 7. The number of ether oxygens (including phenoxy) is 2. The molecule has 1 aliphatic carbocycles. The van der Waals surface area contributed by atoms with Crippen LogP contribution in [0.2, 0.25) is 36.3 Å². The number of esters is 2. The van der Waals surface area contributed by atoms with Crippen molar-refractivity contribution in [3.05, 3.63) is 12.2 Å². The number of fused-ring (bicyclic) bond motifs is 1. The summed E-state index contributed by atoms with van der Waals surface area (Å²) in [4.78, 5) is 38.3. The lowest BCUT2D eigenvalue weighted by Crippen LogP contribution is -2.45. The maximum Gasteiger partial charge on any atom is 0.317 e. The number of hydrogen-bond donors (Lipinski definition) is 0. The zero-order valence-electron chi connectivity index (χ0n) is 31.4. The number of carbonyl (C=O) groups excluding carboxylic acids is 3. The van der Waals surface area contributed by atoms with Gasteiger partial charge in [-0.1, -0.05) is 79.8 Å². The minimum Gasteiger partial charge on any atom is -0.469 e. The van der Waals surface area contributed by atoms with E-state index >= 15 is 0 Å². The van der Waals surface area contributed by atoms with Crippen LogP contribution in [0, 0.1) is 17.8 Å². The zero-order chi connectivity index (χ0) is 34.9. The van der Waals surface area contributed by atoms with Gasteiger partial charge >= 0.3 is 11.9 Å². The maximum absolute atomic E-state index is 13.4. The van der Waals surface area contributed by atoms with Crippen molar-refractivity contribution in [2.45, 2.75) is 148 Å². The van der Waals surface area contributed by atoms with Gasteiger partial charge in [0.25, 0.3) is 0 Å². The van der Waals surface area contributed by atoms with Gasteiger partial charge < -0.3 is 18.3 Å². The minimum absolute atomic E-state index is 0.0971. The first kappa shape index (κ1) is 29.8. The van der Waals surface area contributed by atoms with Crippen LogP contribution in [0.15, 0.2) is 12.2 Å². The summed E-state index contributed by atoms with van der Waals surface area (Å²) >= 11 is 0. The van der Waals surface area contributed by atoms with E-state index < -0.39 is 84.1 Å². The SMILES string of the molecule is [2H]C(C)C([2H])C([2H])C([2H])[C@@H](/C=C/[C@@H]1[C@H]2C(C(=O)CCC(=O)OC)C(=O)O[C@H]2C[C@H]1O[Si](C)(C)C(C)(C)C)O[Si](C)(C)C(C)(C)C. The molecule has 5 unspecified atom stereocenters. The molecule has 41 heavy (non-hydrogen) atoms. The van der Waals surface area contributed by atoms with Gasteiger partial charge in [-0.3, -0.25) is 14.4 Å². The Kier molecular flexibility index (Phi) is 10.2. The molecule has 2 fully saturated rings. The molecule has 1 aliphatic heterocycles. The first-order valence-electron chi connectivity index (χ1n) is 17.2. The van der Waals surface area contributed by atoms with Crippen molar-refractivity contribution in [2.24, 2.45) is 17.8 Å². The molecule has 9 heteroatoms. The molecule has 0 aromatic rings. The summed E-state index contributed by atoms with van der Waals surface area (Å²) in [5.41, 5.74) is 0. The molecule has 2 aliphatic rings. The highest BCUT2D eigenvalue weighted by atomic mass is 28.4. The Balaban J connectivity index is 2.59. The van der Waals surface area contributed by atoms with Gasteiger partial charge in [0.2, 0.25) is 0 Å². The highest BCUT2D eigenvalue weighted by molar-refractivity contribution is 6.74. The van der Waals surface area contributed by atoms with E-state index in [0.717, 1.165) is 0 Å². The fourth-order valence-electron chi connectivity index (χ4n) is 4.93. The Morgan fingerprint density at radius 3 is 2.20 bits per heavy atom. The van der Waals surface area contributed by atoms with Crippen LogP contribution in [0.5, 0.6) is 0 Å². The molecule has 0 amide bonds. The molecule has 0 spiro atoms. The Morgan fingerprint density at radius 1 is 1.05 bits per heavy atom. The molecule has 0 bridgehead atoms. The Hall–Kier alpha value is -1.30. The van der Waals surface area contributed by atoms with Crippen molar-refractivity contribution >= 4 is 34.4 Å². The Bertz CT molecular complexity index is 1090. The third kappa shape index (κ3) is 9.10. The molecular formula is C32H58O7Si2. The molecule has 0 aromatic heterocycles. The van der Waals surface area contributed by atoms with Gasteiger partial charge in [-0.05, 0) is 42.7 Å². The van der Waals surface area contributed by atoms with Crippen LogP contribution < -0.4 is 0 Å². The van der Waals surface area contributed by atoms with Crippen LogP contribution in [0.4, 0.5) is 0 Å². The van der Waals surface area contributed by atoms with Gasteiger partial charge in [0, 0.05) is 30.2 Å². The van der Waals surface area contributed by atoms with Crippen LogP contribution in [0.3, 0.4) is 0 Å². The molecular weight excluding hydrogens is 553 g/mol. The number of methoxy groups -OCH3 is 1. The van der Waals surface area contributed by atoms with Gasteiger partial charge in [-0.25, -0.2) is 0 Å². The van der Waals surface area contributed by atoms with Gasteiger partial charge in [0.05, 0.1) is 25.7 Å².